The first-order valence-electron chi connectivity index (χ1n) is 3.96. The Morgan fingerprint density at radius 2 is 1.86 bits per heavy atom. The van der Waals surface area contributed by atoms with Crippen molar-refractivity contribution in [1.29, 1.82) is 0 Å². The zero-order valence-corrected chi connectivity index (χ0v) is 9.76. The van der Waals surface area contributed by atoms with Gasteiger partial charge in [0.1, 0.15) is 5.21 Å². The van der Waals surface area contributed by atoms with Crippen LogP contribution in [0.15, 0.2) is 0 Å². The van der Waals surface area contributed by atoms with Gasteiger partial charge >= 0.3 is 5.97 Å². The predicted molar refractivity (Wildman–Crippen MR) is 51.4 cm³/mol. The average Bonchev–Trinajstić information content (AvgIpc) is 2.02. The van der Waals surface area contributed by atoms with Crippen molar-refractivity contribution in [1.82, 2.24) is 0 Å². The minimum atomic E-state index is -3.83. The lowest BCUT2D eigenvalue weighted by molar-refractivity contribution is -0.154. The van der Waals surface area contributed by atoms with Gasteiger partial charge in [-0.2, -0.15) is 8.42 Å². The second-order valence-corrected chi connectivity index (χ2v) is 5.07. The summed E-state index contributed by atoms with van der Waals surface area (Å²) in [7, 11) is -3.83. The van der Waals surface area contributed by atoms with Crippen molar-refractivity contribution in [2.24, 2.45) is 0 Å². The molecule has 0 aliphatic rings. The quantitative estimate of drug-likeness (QED) is 0.408. The molecule has 5 nitrogen and oxygen atoms in total. The summed E-state index contributed by atoms with van der Waals surface area (Å²) in [4.78, 5) is 11.1. The fourth-order valence-electron chi connectivity index (χ4n) is 0.613. The van der Waals surface area contributed by atoms with Crippen LogP contribution in [0.5, 0.6) is 0 Å². The number of esters is 1. The maximum absolute atomic E-state index is 11.1. The summed E-state index contributed by atoms with van der Waals surface area (Å²) >= 11 is 5.08. The van der Waals surface area contributed by atoms with Gasteiger partial charge in [0.15, 0.2) is 6.10 Å². The van der Waals surface area contributed by atoms with Crippen LogP contribution >= 0.6 is 11.6 Å². The molecule has 0 N–H and O–H groups in total. The number of hydrogen-bond donors (Lipinski definition) is 0. The highest BCUT2D eigenvalue weighted by atomic mass is 35.5. The number of hydrogen-bond acceptors (Lipinski definition) is 5. The summed E-state index contributed by atoms with van der Waals surface area (Å²) in [6.07, 6.45) is -1.48. The Bertz CT molecular complexity index is 284. The zero-order valence-electron chi connectivity index (χ0n) is 8.19. The van der Waals surface area contributed by atoms with Crippen molar-refractivity contribution in [2.75, 3.05) is 5.21 Å². The Kier molecular flexibility index (Phi) is 5.40. The fraction of sp³-hybridized carbons (Fsp3) is 0.857. The standard InChI is InChI=1S/C7H13ClO5S/c1-5(2)12-7(9)6(3)13-14(10,11)4-8/h5-6H,4H2,1-3H3/t6-/m0/s1. The van der Waals surface area contributed by atoms with Gasteiger partial charge in [0.2, 0.25) is 0 Å². The van der Waals surface area contributed by atoms with Crippen LogP contribution in [0.4, 0.5) is 0 Å². The molecular formula is C7H13ClO5S. The summed E-state index contributed by atoms with van der Waals surface area (Å²) < 4.78 is 30.8. The molecule has 0 rings (SSSR count). The number of ether oxygens (including phenoxy) is 1. The molecule has 0 saturated heterocycles. The van der Waals surface area contributed by atoms with Gasteiger partial charge in [-0.1, -0.05) is 0 Å². The molecule has 0 aromatic rings. The predicted octanol–water partition coefficient (Wildman–Crippen LogP) is 0.869. The van der Waals surface area contributed by atoms with E-state index in [1.165, 1.54) is 6.92 Å². The number of rotatable bonds is 5. The first-order chi connectivity index (χ1) is 6.28. The molecule has 0 heterocycles. The van der Waals surface area contributed by atoms with Crippen LogP contribution in [-0.4, -0.2) is 31.8 Å². The van der Waals surface area contributed by atoms with E-state index in [9.17, 15) is 13.2 Å². The topological polar surface area (TPSA) is 69.7 Å². The molecule has 0 saturated carbocycles. The Morgan fingerprint density at radius 3 is 2.21 bits per heavy atom. The van der Waals surface area contributed by atoms with Gasteiger partial charge in [0.25, 0.3) is 10.1 Å². The molecule has 0 amide bonds. The lowest BCUT2D eigenvalue weighted by Crippen LogP contribution is -2.28. The normalized spacial score (nSPS) is 14.1. The SMILES string of the molecule is CC(C)OC(=O)[C@H](C)OS(=O)(=O)CCl. The molecule has 0 aromatic heterocycles. The van der Waals surface area contributed by atoms with Crippen LogP contribution in [0.3, 0.4) is 0 Å². The van der Waals surface area contributed by atoms with Crippen molar-refractivity contribution >= 4 is 27.7 Å². The molecule has 1 atom stereocenters. The molecule has 0 unspecified atom stereocenters. The van der Waals surface area contributed by atoms with E-state index < -0.39 is 27.4 Å². The summed E-state index contributed by atoms with van der Waals surface area (Å²) in [5.74, 6) is -0.728. The molecule has 0 radical (unpaired) electrons. The molecule has 0 aliphatic carbocycles. The third-order valence-corrected chi connectivity index (χ3v) is 2.76. The van der Waals surface area contributed by atoms with E-state index in [-0.39, 0.29) is 6.10 Å². The number of alkyl halides is 1. The van der Waals surface area contributed by atoms with Crippen LogP contribution in [0.2, 0.25) is 0 Å². The molecular weight excluding hydrogens is 232 g/mol. The van der Waals surface area contributed by atoms with Crippen molar-refractivity contribution in [2.45, 2.75) is 33.0 Å². The molecule has 0 fully saturated rings. The van der Waals surface area contributed by atoms with Crippen LogP contribution in [0, 0.1) is 0 Å². The van der Waals surface area contributed by atoms with E-state index in [0.717, 1.165) is 0 Å². The van der Waals surface area contributed by atoms with Gasteiger partial charge in [-0.3, -0.25) is 4.18 Å². The molecule has 0 aliphatic heterocycles. The molecule has 14 heavy (non-hydrogen) atoms. The van der Waals surface area contributed by atoms with Crippen molar-refractivity contribution in [3.05, 3.63) is 0 Å². The van der Waals surface area contributed by atoms with Gasteiger partial charge in [0.05, 0.1) is 6.10 Å². The van der Waals surface area contributed by atoms with Crippen molar-refractivity contribution in [3.8, 4) is 0 Å². The molecule has 0 bridgehead atoms. The van der Waals surface area contributed by atoms with Gasteiger partial charge in [-0.05, 0) is 20.8 Å². The number of carbonyl (C=O) groups excluding carboxylic acids is 1. The van der Waals surface area contributed by atoms with Gasteiger partial charge in [-0.15, -0.1) is 11.6 Å². The van der Waals surface area contributed by atoms with E-state index >= 15 is 0 Å². The minimum absolute atomic E-state index is 0.313. The summed E-state index contributed by atoms with van der Waals surface area (Å²) in [6.45, 7) is 4.59. The Morgan fingerprint density at radius 1 is 1.36 bits per heavy atom. The second-order valence-electron chi connectivity index (χ2n) is 2.89. The Balaban J connectivity index is 4.22. The average molecular weight is 245 g/mol. The van der Waals surface area contributed by atoms with E-state index in [1.807, 2.05) is 0 Å². The minimum Gasteiger partial charge on any atom is -0.461 e. The van der Waals surface area contributed by atoms with Crippen LogP contribution < -0.4 is 0 Å². The molecule has 0 spiro atoms. The summed E-state index contributed by atoms with van der Waals surface area (Å²) in [5, 5.41) is -0.688. The van der Waals surface area contributed by atoms with Gasteiger partial charge in [0, 0.05) is 0 Å². The van der Waals surface area contributed by atoms with E-state index in [0.29, 0.717) is 0 Å². The monoisotopic (exact) mass is 244 g/mol. The smallest absolute Gasteiger partial charge is 0.336 e. The highest BCUT2D eigenvalue weighted by Gasteiger charge is 2.23. The maximum atomic E-state index is 11.1. The highest BCUT2D eigenvalue weighted by molar-refractivity contribution is 7.87. The number of carbonyl (C=O) groups is 1. The van der Waals surface area contributed by atoms with Crippen LogP contribution in [0.25, 0.3) is 0 Å². The largest absolute Gasteiger partial charge is 0.461 e. The van der Waals surface area contributed by atoms with E-state index in [2.05, 4.69) is 4.18 Å². The van der Waals surface area contributed by atoms with E-state index in [1.54, 1.807) is 13.8 Å². The maximum Gasteiger partial charge on any atom is 0.336 e. The molecule has 7 heteroatoms. The van der Waals surface area contributed by atoms with Gasteiger partial charge in [-0.25, -0.2) is 4.79 Å². The Hall–Kier alpha value is -0.330. The van der Waals surface area contributed by atoms with Crippen LogP contribution in [0.1, 0.15) is 20.8 Å². The Labute approximate surface area is 88.5 Å². The van der Waals surface area contributed by atoms with Crippen molar-refractivity contribution < 1.29 is 22.1 Å². The lowest BCUT2D eigenvalue weighted by Gasteiger charge is -2.13. The molecule has 84 valence electrons. The third kappa shape index (κ3) is 5.41. The summed E-state index contributed by atoms with van der Waals surface area (Å²) in [5.41, 5.74) is 0. The fourth-order valence-corrected chi connectivity index (χ4v) is 1.34. The molecule has 0 aromatic carbocycles. The lowest BCUT2D eigenvalue weighted by atomic mass is 10.4. The first-order valence-corrected chi connectivity index (χ1v) is 6.07. The van der Waals surface area contributed by atoms with Gasteiger partial charge < -0.3 is 4.74 Å². The van der Waals surface area contributed by atoms with Crippen LogP contribution in [-0.2, 0) is 23.8 Å². The zero-order chi connectivity index (χ0) is 11.4. The number of halogens is 1. The second kappa shape index (κ2) is 5.53. The summed E-state index contributed by atoms with van der Waals surface area (Å²) in [6, 6.07) is 0. The first kappa shape index (κ1) is 13.7. The highest BCUT2D eigenvalue weighted by Crippen LogP contribution is 2.05. The third-order valence-electron chi connectivity index (χ3n) is 1.11. The van der Waals surface area contributed by atoms with Crippen molar-refractivity contribution in [3.63, 3.8) is 0 Å². The van der Waals surface area contributed by atoms with E-state index in [4.69, 9.17) is 16.3 Å².